The Morgan fingerprint density at radius 3 is 3.09 bits per heavy atom. The van der Waals surface area contributed by atoms with E-state index in [1.807, 2.05) is 23.1 Å². The van der Waals surface area contributed by atoms with E-state index in [-0.39, 0.29) is 6.03 Å². The van der Waals surface area contributed by atoms with E-state index in [1.54, 1.807) is 19.4 Å². The number of hydrogen-bond acceptors (Lipinski definition) is 4. The number of urea groups is 1. The minimum atomic E-state index is -0.0136. The molecule has 0 aromatic carbocycles. The van der Waals surface area contributed by atoms with Gasteiger partial charge in [-0.1, -0.05) is 0 Å². The van der Waals surface area contributed by atoms with Gasteiger partial charge in [0.15, 0.2) is 0 Å². The van der Waals surface area contributed by atoms with Crippen molar-refractivity contribution >= 4 is 6.03 Å². The molecule has 122 valence electrons. The van der Waals surface area contributed by atoms with E-state index in [1.165, 1.54) is 0 Å². The Hall–Kier alpha value is -2.57. The zero-order valence-corrected chi connectivity index (χ0v) is 13.2. The Morgan fingerprint density at radius 2 is 2.39 bits per heavy atom. The summed E-state index contributed by atoms with van der Waals surface area (Å²) in [5.41, 5.74) is 1.71. The fourth-order valence-electron chi connectivity index (χ4n) is 2.78. The Balaban J connectivity index is 1.53. The van der Waals surface area contributed by atoms with E-state index >= 15 is 0 Å². The van der Waals surface area contributed by atoms with Crippen molar-refractivity contribution in [2.45, 2.75) is 12.8 Å². The predicted molar refractivity (Wildman–Crippen MR) is 86.1 cm³/mol. The second-order valence-electron chi connectivity index (χ2n) is 5.67. The summed E-state index contributed by atoms with van der Waals surface area (Å²) < 4.78 is 5.83. The molecule has 0 radical (unpaired) electrons. The number of carbonyl (C=O) groups is 1. The molecule has 1 saturated heterocycles. The molecule has 0 saturated carbocycles. The third-order valence-corrected chi connectivity index (χ3v) is 4.02. The summed E-state index contributed by atoms with van der Waals surface area (Å²) in [4.78, 5) is 17.9. The van der Waals surface area contributed by atoms with Gasteiger partial charge in [0.1, 0.15) is 5.75 Å². The molecule has 0 bridgehead atoms. The van der Waals surface area contributed by atoms with Crippen LogP contribution in [0.2, 0.25) is 0 Å². The average Bonchev–Trinajstić information content (AvgIpc) is 3.14. The van der Waals surface area contributed by atoms with Crippen molar-refractivity contribution in [2.24, 2.45) is 5.92 Å². The molecule has 7 nitrogen and oxygen atoms in total. The van der Waals surface area contributed by atoms with Gasteiger partial charge in [-0.2, -0.15) is 5.10 Å². The number of nitrogens with zero attached hydrogens (tertiary/aromatic N) is 3. The van der Waals surface area contributed by atoms with E-state index in [2.05, 4.69) is 20.5 Å². The van der Waals surface area contributed by atoms with Gasteiger partial charge in [0, 0.05) is 32.3 Å². The minimum Gasteiger partial charge on any atom is -0.492 e. The minimum absolute atomic E-state index is 0.0136. The van der Waals surface area contributed by atoms with Crippen molar-refractivity contribution in [3.8, 4) is 17.1 Å². The molecule has 2 amide bonds. The maximum atomic E-state index is 11.7. The molecule has 7 heteroatoms. The van der Waals surface area contributed by atoms with Crippen LogP contribution in [0, 0.1) is 5.92 Å². The SMILES string of the molecule is CNC(=O)N1CCC[C@H](COc2ccc(-c3ccn[nH]3)nc2)C1. The van der Waals surface area contributed by atoms with Gasteiger partial charge in [-0.3, -0.25) is 10.1 Å². The van der Waals surface area contributed by atoms with Crippen molar-refractivity contribution in [2.75, 3.05) is 26.7 Å². The van der Waals surface area contributed by atoms with Gasteiger partial charge < -0.3 is 15.0 Å². The average molecular weight is 315 g/mol. The number of piperidine rings is 1. The number of rotatable bonds is 4. The van der Waals surface area contributed by atoms with Crippen LogP contribution < -0.4 is 10.1 Å². The van der Waals surface area contributed by atoms with Gasteiger partial charge in [-0.15, -0.1) is 0 Å². The number of amides is 2. The van der Waals surface area contributed by atoms with Gasteiger partial charge in [0.05, 0.1) is 24.2 Å². The monoisotopic (exact) mass is 315 g/mol. The summed E-state index contributed by atoms with van der Waals surface area (Å²) in [7, 11) is 1.66. The summed E-state index contributed by atoms with van der Waals surface area (Å²) in [6.45, 7) is 2.15. The van der Waals surface area contributed by atoms with E-state index in [9.17, 15) is 4.79 Å². The molecule has 0 spiro atoms. The third-order valence-electron chi connectivity index (χ3n) is 4.02. The maximum Gasteiger partial charge on any atom is 0.317 e. The van der Waals surface area contributed by atoms with Crippen LogP contribution >= 0.6 is 0 Å². The first-order chi connectivity index (χ1) is 11.3. The lowest BCUT2D eigenvalue weighted by molar-refractivity contribution is 0.138. The van der Waals surface area contributed by atoms with Crippen molar-refractivity contribution in [1.82, 2.24) is 25.4 Å². The topological polar surface area (TPSA) is 83.1 Å². The normalized spacial score (nSPS) is 17.8. The van der Waals surface area contributed by atoms with Crippen LogP contribution in [0.1, 0.15) is 12.8 Å². The summed E-state index contributed by atoms with van der Waals surface area (Å²) in [6, 6.07) is 5.67. The van der Waals surface area contributed by atoms with Gasteiger partial charge in [0.25, 0.3) is 0 Å². The molecule has 1 aliphatic rings. The number of hydrogen-bond donors (Lipinski definition) is 2. The highest BCUT2D eigenvalue weighted by atomic mass is 16.5. The molecular formula is C16H21N5O2. The van der Waals surface area contributed by atoms with Crippen LogP contribution in [0.5, 0.6) is 5.75 Å². The Bertz CT molecular complexity index is 626. The smallest absolute Gasteiger partial charge is 0.317 e. The molecule has 1 fully saturated rings. The Labute approximate surface area is 135 Å². The number of nitrogens with one attached hydrogen (secondary N) is 2. The number of carbonyl (C=O) groups excluding carboxylic acids is 1. The van der Waals surface area contributed by atoms with Crippen LogP contribution in [0.3, 0.4) is 0 Å². The summed E-state index contributed by atoms with van der Waals surface area (Å²) >= 11 is 0. The highest BCUT2D eigenvalue weighted by molar-refractivity contribution is 5.73. The first-order valence-corrected chi connectivity index (χ1v) is 7.81. The number of aromatic nitrogens is 3. The standard InChI is InChI=1S/C16H21N5O2/c1-17-16(22)21-8-2-3-12(10-21)11-23-13-4-5-14(18-9-13)15-6-7-19-20-15/h4-7,9,12H,2-3,8,10-11H2,1H3,(H,17,22)(H,19,20)/t12-/m0/s1. The Morgan fingerprint density at radius 1 is 1.48 bits per heavy atom. The van der Waals surface area contributed by atoms with Crippen LogP contribution in [0.25, 0.3) is 11.4 Å². The summed E-state index contributed by atoms with van der Waals surface area (Å²) in [6.07, 6.45) is 5.50. The highest BCUT2D eigenvalue weighted by Crippen LogP contribution is 2.20. The molecule has 2 aromatic rings. The van der Waals surface area contributed by atoms with Gasteiger partial charge >= 0.3 is 6.03 Å². The molecule has 1 aliphatic heterocycles. The number of likely N-dealkylation sites (tertiary alicyclic amines) is 1. The third kappa shape index (κ3) is 3.80. The quantitative estimate of drug-likeness (QED) is 0.902. The number of pyridine rings is 1. The zero-order chi connectivity index (χ0) is 16.1. The fourth-order valence-corrected chi connectivity index (χ4v) is 2.78. The molecule has 0 unspecified atom stereocenters. The Kier molecular flexibility index (Phi) is 4.75. The second-order valence-corrected chi connectivity index (χ2v) is 5.67. The molecule has 2 N–H and O–H groups in total. The number of aromatic amines is 1. The molecule has 2 aromatic heterocycles. The van der Waals surface area contributed by atoms with Gasteiger partial charge in [-0.25, -0.2) is 4.79 Å². The number of ether oxygens (including phenoxy) is 1. The van der Waals surface area contributed by atoms with Gasteiger partial charge in [-0.05, 0) is 31.0 Å². The molecule has 3 rings (SSSR count). The number of H-pyrrole nitrogens is 1. The lowest BCUT2D eigenvalue weighted by atomic mass is 9.99. The van der Waals surface area contributed by atoms with Crippen molar-refractivity contribution in [1.29, 1.82) is 0 Å². The van der Waals surface area contributed by atoms with E-state index in [4.69, 9.17) is 4.74 Å². The fraction of sp³-hybridized carbons (Fsp3) is 0.438. The second kappa shape index (κ2) is 7.13. The van der Waals surface area contributed by atoms with Crippen LogP contribution in [0.15, 0.2) is 30.6 Å². The van der Waals surface area contributed by atoms with E-state index in [0.717, 1.165) is 43.1 Å². The zero-order valence-electron chi connectivity index (χ0n) is 13.2. The van der Waals surface area contributed by atoms with Crippen LogP contribution in [-0.2, 0) is 0 Å². The van der Waals surface area contributed by atoms with Crippen molar-refractivity contribution in [3.05, 3.63) is 30.6 Å². The lowest BCUT2D eigenvalue weighted by Crippen LogP contribution is -2.45. The molecule has 0 aliphatic carbocycles. The van der Waals surface area contributed by atoms with Crippen molar-refractivity contribution < 1.29 is 9.53 Å². The molecule has 3 heterocycles. The van der Waals surface area contributed by atoms with Crippen molar-refractivity contribution in [3.63, 3.8) is 0 Å². The molecule has 1 atom stereocenters. The molecular weight excluding hydrogens is 294 g/mol. The largest absolute Gasteiger partial charge is 0.492 e. The predicted octanol–water partition coefficient (Wildman–Crippen LogP) is 1.90. The lowest BCUT2D eigenvalue weighted by Gasteiger charge is -2.32. The summed E-state index contributed by atoms with van der Waals surface area (Å²) in [5.74, 6) is 1.10. The molecule has 23 heavy (non-hydrogen) atoms. The van der Waals surface area contributed by atoms with E-state index < -0.39 is 0 Å². The van der Waals surface area contributed by atoms with Crippen LogP contribution in [-0.4, -0.2) is 52.9 Å². The maximum absolute atomic E-state index is 11.7. The summed E-state index contributed by atoms with van der Waals surface area (Å²) in [5, 5.41) is 9.47. The first kappa shape index (κ1) is 15.3. The van der Waals surface area contributed by atoms with E-state index in [0.29, 0.717) is 12.5 Å². The van der Waals surface area contributed by atoms with Gasteiger partial charge in [0.2, 0.25) is 0 Å². The highest BCUT2D eigenvalue weighted by Gasteiger charge is 2.23. The van der Waals surface area contributed by atoms with Crippen LogP contribution in [0.4, 0.5) is 4.79 Å². The first-order valence-electron chi connectivity index (χ1n) is 7.81.